The maximum atomic E-state index is 12.8. The number of amides is 1. The lowest BCUT2D eigenvalue weighted by Crippen LogP contribution is -2.35. The average molecular weight is 384 g/mol. The van der Waals surface area contributed by atoms with Crippen LogP contribution in [0.15, 0.2) is 48.9 Å². The number of imidazole rings is 1. The summed E-state index contributed by atoms with van der Waals surface area (Å²) in [5.41, 5.74) is 2.27. The van der Waals surface area contributed by atoms with Crippen molar-refractivity contribution in [2.24, 2.45) is 5.92 Å². The monoisotopic (exact) mass is 384 g/mol. The minimum absolute atomic E-state index is 0.00954. The number of rotatable bonds is 2. The molecule has 3 aromatic rings. The van der Waals surface area contributed by atoms with Gasteiger partial charge in [0, 0.05) is 19.3 Å². The number of carbonyl (C=O) groups is 1. The maximum Gasteiger partial charge on any atom is 0.255 e. The van der Waals surface area contributed by atoms with Gasteiger partial charge in [0.1, 0.15) is 12.1 Å². The Morgan fingerprint density at radius 1 is 1.15 bits per heavy atom. The van der Waals surface area contributed by atoms with E-state index in [1.807, 2.05) is 35.8 Å². The molecule has 1 aliphatic rings. The van der Waals surface area contributed by atoms with Gasteiger partial charge in [-0.05, 0) is 30.2 Å². The highest BCUT2D eigenvalue weighted by molar-refractivity contribution is 7.91. The van der Waals surface area contributed by atoms with Crippen LogP contribution in [0.1, 0.15) is 17.3 Å². The van der Waals surface area contributed by atoms with Crippen LogP contribution in [0.25, 0.3) is 16.9 Å². The predicted molar refractivity (Wildman–Crippen MR) is 103 cm³/mol. The third-order valence-corrected chi connectivity index (χ3v) is 6.61. The minimum atomic E-state index is -3.09. The quantitative estimate of drug-likeness (QED) is 0.674. The molecule has 0 bridgehead atoms. The summed E-state index contributed by atoms with van der Waals surface area (Å²) in [5.74, 6) is 0.545. The van der Waals surface area contributed by atoms with Crippen molar-refractivity contribution in [3.8, 4) is 5.82 Å². The lowest BCUT2D eigenvalue weighted by Gasteiger charge is -2.22. The van der Waals surface area contributed by atoms with Crippen molar-refractivity contribution in [2.75, 3.05) is 24.6 Å². The molecule has 1 amide bonds. The van der Waals surface area contributed by atoms with Gasteiger partial charge in [0.25, 0.3) is 5.91 Å². The van der Waals surface area contributed by atoms with Crippen molar-refractivity contribution >= 4 is 26.8 Å². The van der Waals surface area contributed by atoms with Gasteiger partial charge in [-0.25, -0.2) is 18.4 Å². The Hall–Kier alpha value is -2.74. The lowest BCUT2D eigenvalue weighted by molar-refractivity contribution is 0.0751. The Kier molecular flexibility index (Phi) is 4.43. The van der Waals surface area contributed by atoms with Crippen LogP contribution < -0.4 is 0 Å². The number of benzene rings is 1. The minimum Gasteiger partial charge on any atom is -0.337 e. The molecule has 0 saturated carbocycles. The number of hydrogen-bond donors (Lipinski definition) is 0. The number of nitrogens with zero attached hydrogens (tertiary/aromatic N) is 4. The molecule has 8 heteroatoms. The molecule has 140 valence electrons. The lowest BCUT2D eigenvalue weighted by atomic mass is 10.1. The van der Waals surface area contributed by atoms with E-state index in [0.717, 1.165) is 11.0 Å². The van der Waals surface area contributed by atoms with Crippen molar-refractivity contribution in [2.45, 2.75) is 6.92 Å². The average Bonchev–Trinajstić information content (AvgIpc) is 3.02. The smallest absolute Gasteiger partial charge is 0.255 e. The van der Waals surface area contributed by atoms with Crippen molar-refractivity contribution in [1.29, 1.82) is 0 Å². The molecule has 7 nitrogen and oxygen atoms in total. The second kappa shape index (κ2) is 6.77. The molecule has 3 heterocycles. The first-order valence-corrected chi connectivity index (χ1v) is 10.6. The van der Waals surface area contributed by atoms with E-state index in [1.54, 1.807) is 23.4 Å². The number of pyridine rings is 1. The Morgan fingerprint density at radius 3 is 2.74 bits per heavy atom. The molecule has 1 unspecified atom stereocenters. The van der Waals surface area contributed by atoms with Crippen molar-refractivity contribution < 1.29 is 13.2 Å². The molecule has 0 aliphatic carbocycles. The second-order valence-electron chi connectivity index (χ2n) is 6.98. The zero-order chi connectivity index (χ0) is 19.0. The second-order valence-corrected chi connectivity index (χ2v) is 9.21. The van der Waals surface area contributed by atoms with Gasteiger partial charge < -0.3 is 4.90 Å². The summed E-state index contributed by atoms with van der Waals surface area (Å²) < 4.78 is 25.7. The Morgan fingerprint density at radius 2 is 1.96 bits per heavy atom. The van der Waals surface area contributed by atoms with E-state index in [1.165, 1.54) is 6.20 Å². The van der Waals surface area contributed by atoms with Gasteiger partial charge in [0.2, 0.25) is 0 Å². The molecule has 2 aromatic heterocycles. The first-order chi connectivity index (χ1) is 12.9. The predicted octanol–water partition coefficient (Wildman–Crippen LogP) is 1.93. The molecule has 1 saturated heterocycles. The van der Waals surface area contributed by atoms with Crippen LogP contribution in [-0.4, -0.2) is 58.4 Å². The van der Waals surface area contributed by atoms with E-state index in [4.69, 9.17) is 0 Å². The molecule has 0 spiro atoms. The highest BCUT2D eigenvalue weighted by atomic mass is 32.2. The molecule has 0 radical (unpaired) electrons. The third kappa shape index (κ3) is 3.57. The topological polar surface area (TPSA) is 85.2 Å². The standard InChI is InChI=1S/C19H20N4O3S/c1-14-11-22(8-9-27(25,26)12-14)19(24)15-6-7-18(20-10-15)23-13-21-16-4-2-3-5-17(16)23/h2-7,10,13-14H,8-9,11-12H2,1H3. The van der Waals surface area contributed by atoms with Gasteiger partial charge in [-0.1, -0.05) is 19.1 Å². The summed E-state index contributed by atoms with van der Waals surface area (Å²) in [5, 5.41) is 0. The Bertz CT molecular complexity index is 1090. The van der Waals surface area contributed by atoms with E-state index >= 15 is 0 Å². The number of aromatic nitrogens is 3. The molecule has 1 aliphatic heterocycles. The summed E-state index contributed by atoms with van der Waals surface area (Å²) >= 11 is 0. The zero-order valence-electron chi connectivity index (χ0n) is 14.9. The van der Waals surface area contributed by atoms with Gasteiger partial charge in [0.05, 0.1) is 28.1 Å². The Balaban J connectivity index is 1.58. The van der Waals surface area contributed by atoms with Crippen molar-refractivity contribution in [3.63, 3.8) is 0 Å². The highest BCUT2D eigenvalue weighted by Crippen LogP contribution is 2.18. The van der Waals surface area contributed by atoms with Crippen LogP contribution >= 0.6 is 0 Å². The zero-order valence-corrected chi connectivity index (χ0v) is 15.8. The van der Waals surface area contributed by atoms with Crippen molar-refractivity contribution in [1.82, 2.24) is 19.4 Å². The summed E-state index contributed by atoms with van der Waals surface area (Å²) in [6.07, 6.45) is 3.24. The van der Waals surface area contributed by atoms with Crippen LogP contribution in [0.4, 0.5) is 0 Å². The molecule has 1 aromatic carbocycles. The fourth-order valence-corrected chi connectivity index (χ4v) is 5.09. The number of fused-ring (bicyclic) bond motifs is 1. The van der Waals surface area contributed by atoms with Gasteiger partial charge in [0.15, 0.2) is 9.84 Å². The fourth-order valence-electron chi connectivity index (χ4n) is 3.45. The molecular weight excluding hydrogens is 364 g/mol. The van der Waals surface area contributed by atoms with Gasteiger partial charge in [-0.2, -0.15) is 0 Å². The summed E-state index contributed by atoms with van der Waals surface area (Å²) in [4.78, 5) is 23.2. The summed E-state index contributed by atoms with van der Waals surface area (Å²) in [6.45, 7) is 2.51. The largest absolute Gasteiger partial charge is 0.337 e. The van der Waals surface area contributed by atoms with Crippen LogP contribution in [0, 0.1) is 5.92 Å². The fraction of sp³-hybridized carbons (Fsp3) is 0.316. The maximum absolute atomic E-state index is 12.8. The molecule has 4 rings (SSSR count). The van der Waals surface area contributed by atoms with Gasteiger partial charge in [-0.15, -0.1) is 0 Å². The molecular formula is C19H20N4O3S. The molecule has 1 fully saturated rings. The van der Waals surface area contributed by atoms with E-state index in [0.29, 0.717) is 17.9 Å². The first kappa shape index (κ1) is 17.7. The van der Waals surface area contributed by atoms with Gasteiger partial charge >= 0.3 is 0 Å². The van der Waals surface area contributed by atoms with Crippen molar-refractivity contribution in [3.05, 3.63) is 54.5 Å². The van der Waals surface area contributed by atoms with Gasteiger partial charge in [-0.3, -0.25) is 9.36 Å². The molecule has 1 atom stereocenters. The number of para-hydroxylation sites is 2. The van der Waals surface area contributed by atoms with Crippen LogP contribution in [0.3, 0.4) is 0 Å². The molecule has 27 heavy (non-hydrogen) atoms. The van der Waals surface area contributed by atoms with E-state index in [9.17, 15) is 13.2 Å². The normalized spacial score (nSPS) is 19.7. The number of carbonyl (C=O) groups excluding carboxylic acids is 1. The van der Waals surface area contributed by atoms with Crippen LogP contribution in [0.5, 0.6) is 0 Å². The number of sulfone groups is 1. The van der Waals surface area contributed by atoms with Crippen LogP contribution in [-0.2, 0) is 9.84 Å². The van der Waals surface area contributed by atoms with Crippen LogP contribution in [0.2, 0.25) is 0 Å². The first-order valence-electron chi connectivity index (χ1n) is 8.81. The van der Waals surface area contributed by atoms with E-state index < -0.39 is 9.84 Å². The van der Waals surface area contributed by atoms with E-state index in [2.05, 4.69) is 9.97 Å². The van der Waals surface area contributed by atoms with E-state index in [-0.39, 0.29) is 29.9 Å². The molecule has 0 N–H and O–H groups in total. The number of hydrogen-bond acceptors (Lipinski definition) is 5. The highest BCUT2D eigenvalue weighted by Gasteiger charge is 2.27. The third-order valence-electron chi connectivity index (χ3n) is 4.73. The Labute approximate surface area is 157 Å². The SMILES string of the molecule is CC1CN(C(=O)c2ccc(-n3cnc4ccccc43)nc2)CCS(=O)(=O)C1. The summed E-state index contributed by atoms with van der Waals surface area (Å²) in [7, 11) is -3.09. The summed E-state index contributed by atoms with van der Waals surface area (Å²) in [6, 6.07) is 11.3.